The Bertz CT molecular complexity index is 756. The molecule has 1 N–H and O–H groups in total. The molecule has 24 heavy (non-hydrogen) atoms. The van der Waals surface area contributed by atoms with Gasteiger partial charge in [0.05, 0.1) is 22.9 Å². The third-order valence-corrected chi connectivity index (χ3v) is 3.23. The van der Waals surface area contributed by atoms with Crippen molar-refractivity contribution in [3.05, 3.63) is 35.5 Å². The van der Waals surface area contributed by atoms with Gasteiger partial charge in [-0.05, 0) is 52.0 Å². The van der Waals surface area contributed by atoms with Crippen molar-refractivity contribution in [1.82, 2.24) is 4.98 Å². The number of aromatic nitrogens is 1. The number of rotatable bonds is 6. The van der Waals surface area contributed by atoms with E-state index in [-0.39, 0.29) is 18.6 Å². The van der Waals surface area contributed by atoms with Gasteiger partial charge in [-0.1, -0.05) is 0 Å². The van der Waals surface area contributed by atoms with Crippen LogP contribution in [0.15, 0.2) is 24.3 Å². The molecular formula is C18H22N2O4. The third-order valence-electron chi connectivity index (χ3n) is 3.23. The molecule has 2 aromatic rings. The van der Waals surface area contributed by atoms with Gasteiger partial charge < -0.3 is 14.8 Å². The number of nitrogens with zero attached hydrogens (tertiary/aromatic N) is 1. The number of carbonyl (C=O) groups is 2. The lowest BCUT2D eigenvalue weighted by atomic mass is 10.1. The maximum absolute atomic E-state index is 12.1. The molecule has 1 aromatic carbocycles. The van der Waals surface area contributed by atoms with Crippen molar-refractivity contribution in [2.45, 2.75) is 33.8 Å². The van der Waals surface area contributed by atoms with Crippen LogP contribution in [0.1, 0.15) is 36.8 Å². The molecule has 0 fully saturated rings. The van der Waals surface area contributed by atoms with Crippen molar-refractivity contribution in [3.63, 3.8) is 0 Å². The summed E-state index contributed by atoms with van der Waals surface area (Å²) < 4.78 is 10.3. The smallest absolute Gasteiger partial charge is 0.338 e. The molecule has 0 aliphatic carbocycles. The van der Waals surface area contributed by atoms with Crippen LogP contribution in [-0.2, 0) is 14.3 Å². The highest BCUT2D eigenvalue weighted by Crippen LogP contribution is 2.25. The fourth-order valence-electron chi connectivity index (χ4n) is 2.25. The normalized spacial score (nSPS) is 10.9. The number of fused-ring (bicyclic) bond motifs is 1. The van der Waals surface area contributed by atoms with E-state index in [0.717, 1.165) is 5.69 Å². The molecule has 0 aliphatic heterocycles. The number of hydrogen-bond donors (Lipinski definition) is 1. The Balaban J connectivity index is 2.38. The van der Waals surface area contributed by atoms with E-state index in [1.807, 2.05) is 13.8 Å². The zero-order valence-corrected chi connectivity index (χ0v) is 14.4. The SMILES string of the molecule is CCOCC(=O)Nc1cc(C)nc2ccc(C(=O)OC(C)C)cc12. The number of benzene rings is 1. The summed E-state index contributed by atoms with van der Waals surface area (Å²) in [6.45, 7) is 7.71. The second-order valence-corrected chi connectivity index (χ2v) is 5.68. The van der Waals surface area contributed by atoms with Gasteiger partial charge in [0.2, 0.25) is 5.91 Å². The standard InChI is InChI=1S/C18H22N2O4/c1-5-23-10-17(21)20-16-8-12(4)19-15-7-6-13(9-14(15)16)18(22)24-11(2)3/h6-9,11H,5,10H2,1-4H3,(H,19,20,21). The zero-order valence-electron chi connectivity index (χ0n) is 14.4. The Labute approximate surface area is 141 Å². The fourth-order valence-corrected chi connectivity index (χ4v) is 2.25. The number of nitrogens with one attached hydrogen (secondary N) is 1. The van der Waals surface area contributed by atoms with Gasteiger partial charge >= 0.3 is 5.97 Å². The van der Waals surface area contributed by atoms with Gasteiger partial charge in [0.15, 0.2) is 0 Å². The first-order chi connectivity index (χ1) is 11.4. The highest BCUT2D eigenvalue weighted by atomic mass is 16.5. The number of pyridine rings is 1. The van der Waals surface area contributed by atoms with E-state index < -0.39 is 5.97 Å². The molecule has 0 radical (unpaired) electrons. The minimum atomic E-state index is -0.404. The van der Waals surface area contributed by atoms with E-state index in [2.05, 4.69) is 10.3 Å². The van der Waals surface area contributed by atoms with Crippen LogP contribution in [0, 0.1) is 6.92 Å². The highest BCUT2D eigenvalue weighted by Gasteiger charge is 2.13. The maximum Gasteiger partial charge on any atom is 0.338 e. The maximum atomic E-state index is 12.1. The van der Waals surface area contributed by atoms with Gasteiger partial charge in [-0.15, -0.1) is 0 Å². The van der Waals surface area contributed by atoms with E-state index in [0.29, 0.717) is 28.8 Å². The predicted molar refractivity (Wildman–Crippen MR) is 92.2 cm³/mol. The van der Waals surface area contributed by atoms with E-state index in [1.165, 1.54) is 0 Å². The Morgan fingerprint density at radius 2 is 2.00 bits per heavy atom. The second-order valence-electron chi connectivity index (χ2n) is 5.68. The zero-order chi connectivity index (χ0) is 17.7. The molecule has 6 nitrogen and oxygen atoms in total. The molecular weight excluding hydrogens is 308 g/mol. The molecule has 0 saturated heterocycles. The van der Waals surface area contributed by atoms with Gasteiger partial charge in [0.1, 0.15) is 6.61 Å². The summed E-state index contributed by atoms with van der Waals surface area (Å²) >= 11 is 0. The molecule has 0 aliphatic rings. The van der Waals surface area contributed by atoms with E-state index in [9.17, 15) is 9.59 Å². The fraction of sp³-hybridized carbons (Fsp3) is 0.389. The lowest BCUT2D eigenvalue weighted by Crippen LogP contribution is -2.18. The van der Waals surface area contributed by atoms with Crippen molar-refractivity contribution in [3.8, 4) is 0 Å². The van der Waals surface area contributed by atoms with Crippen molar-refractivity contribution in [1.29, 1.82) is 0 Å². The molecule has 0 bridgehead atoms. The summed E-state index contributed by atoms with van der Waals surface area (Å²) in [5.41, 5.74) is 2.48. The van der Waals surface area contributed by atoms with Gasteiger partial charge in [-0.3, -0.25) is 9.78 Å². The topological polar surface area (TPSA) is 77.5 Å². The Morgan fingerprint density at radius 3 is 2.67 bits per heavy atom. The van der Waals surface area contributed by atoms with Crippen molar-refractivity contribution in [2.24, 2.45) is 0 Å². The Kier molecular flexibility index (Phi) is 5.87. The molecule has 0 saturated carbocycles. The first kappa shape index (κ1) is 17.9. The third kappa shape index (κ3) is 4.52. The van der Waals surface area contributed by atoms with Crippen LogP contribution < -0.4 is 5.32 Å². The van der Waals surface area contributed by atoms with E-state index >= 15 is 0 Å². The summed E-state index contributed by atoms with van der Waals surface area (Å²) in [5.74, 6) is -0.655. The molecule has 1 heterocycles. The molecule has 6 heteroatoms. The number of hydrogen-bond acceptors (Lipinski definition) is 5. The largest absolute Gasteiger partial charge is 0.459 e. The lowest BCUT2D eigenvalue weighted by molar-refractivity contribution is -0.120. The van der Waals surface area contributed by atoms with Crippen molar-refractivity contribution < 1.29 is 19.1 Å². The predicted octanol–water partition coefficient (Wildman–Crippen LogP) is 3.08. The van der Waals surface area contributed by atoms with Crippen LogP contribution >= 0.6 is 0 Å². The van der Waals surface area contributed by atoms with E-state index in [1.54, 1.807) is 38.1 Å². The number of amides is 1. The summed E-state index contributed by atoms with van der Waals surface area (Å²) in [4.78, 5) is 28.5. The van der Waals surface area contributed by atoms with Gasteiger partial charge in [0, 0.05) is 17.7 Å². The summed E-state index contributed by atoms with van der Waals surface area (Å²) in [7, 11) is 0. The lowest BCUT2D eigenvalue weighted by Gasteiger charge is -2.12. The summed E-state index contributed by atoms with van der Waals surface area (Å²) in [6.07, 6.45) is -0.199. The summed E-state index contributed by atoms with van der Waals surface area (Å²) in [6, 6.07) is 6.87. The number of aryl methyl sites for hydroxylation is 1. The minimum Gasteiger partial charge on any atom is -0.459 e. The van der Waals surface area contributed by atoms with Crippen LogP contribution in [0.2, 0.25) is 0 Å². The van der Waals surface area contributed by atoms with Crippen LogP contribution in [-0.4, -0.2) is 36.2 Å². The number of anilines is 1. The van der Waals surface area contributed by atoms with Crippen LogP contribution in [0.5, 0.6) is 0 Å². The van der Waals surface area contributed by atoms with Crippen LogP contribution in [0.3, 0.4) is 0 Å². The van der Waals surface area contributed by atoms with Gasteiger partial charge in [-0.2, -0.15) is 0 Å². The number of ether oxygens (including phenoxy) is 2. The molecule has 0 atom stereocenters. The van der Waals surface area contributed by atoms with Gasteiger partial charge in [0.25, 0.3) is 0 Å². The monoisotopic (exact) mass is 330 g/mol. The summed E-state index contributed by atoms with van der Waals surface area (Å²) in [5, 5.41) is 3.50. The molecule has 1 aromatic heterocycles. The number of esters is 1. The first-order valence-electron chi connectivity index (χ1n) is 7.90. The minimum absolute atomic E-state index is 0.0194. The molecule has 0 unspecified atom stereocenters. The first-order valence-corrected chi connectivity index (χ1v) is 7.90. The molecule has 2 rings (SSSR count). The number of carbonyl (C=O) groups excluding carboxylic acids is 2. The molecule has 0 spiro atoms. The van der Waals surface area contributed by atoms with Crippen LogP contribution in [0.4, 0.5) is 5.69 Å². The van der Waals surface area contributed by atoms with Gasteiger partial charge in [-0.25, -0.2) is 4.79 Å². The van der Waals surface area contributed by atoms with E-state index in [4.69, 9.17) is 9.47 Å². The average Bonchev–Trinajstić information content (AvgIpc) is 2.51. The average molecular weight is 330 g/mol. The van der Waals surface area contributed by atoms with Crippen molar-refractivity contribution in [2.75, 3.05) is 18.5 Å². The van der Waals surface area contributed by atoms with Crippen LogP contribution in [0.25, 0.3) is 10.9 Å². The molecule has 128 valence electrons. The second kappa shape index (κ2) is 7.88. The highest BCUT2D eigenvalue weighted by molar-refractivity contribution is 6.04. The quantitative estimate of drug-likeness (QED) is 0.824. The Hall–Kier alpha value is -2.47. The Morgan fingerprint density at radius 1 is 1.25 bits per heavy atom. The molecule has 1 amide bonds. The van der Waals surface area contributed by atoms with Crippen molar-refractivity contribution >= 4 is 28.5 Å².